The molecule has 0 spiro atoms. The summed E-state index contributed by atoms with van der Waals surface area (Å²) in [5.74, 6) is 1.58. The summed E-state index contributed by atoms with van der Waals surface area (Å²) in [5.41, 5.74) is 0.832. The van der Waals surface area contributed by atoms with Gasteiger partial charge in [0.1, 0.15) is 5.75 Å². The van der Waals surface area contributed by atoms with Crippen molar-refractivity contribution in [2.24, 2.45) is 0 Å². The molecule has 0 unspecified atom stereocenters. The standard InChI is InChI=1S/C16H17ClN2OS2/c1-20-15-8-7-12(11-14(15)17)19-16(21)18-9-10-22-13-5-3-2-4-6-13/h2-8,11H,9-10H2,1H3,(H2,18,19,21). The van der Waals surface area contributed by atoms with Crippen LogP contribution >= 0.6 is 35.6 Å². The Kier molecular flexibility index (Phi) is 6.83. The van der Waals surface area contributed by atoms with Crippen LogP contribution in [-0.4, -0.2) is 24.5 Å². The SMILES string of the molecule is COc1ccc(NC(=S)NCCSc2ccccc2)cc1Cl. The molecule has 0 aliphatic rings. The molecule has 2 aromatic carbocycles. The first kappa shape index (κ1) is 16.9. The van der Waals surface area contributed by atoms with E-state index in [1.165, 1.54) is 4.90 Å². The van der Waals surface area contributed by atoms with E-state index in [0.717, 1.165) is 18.0 Å². The average molecular weight is 353 g/mol. The van der Waals surface area contributed by atoms with Gasteiger partial charge in [0.2, 0.25) is 0 Å². The van der Waals surface area contributed by atoms with Gasteiger partial charge in [-0.1, -0.05) is 29.8 Å². The Morgan fingerprint density at radius 3 is 2.68 bits per heavy atom. The lowest BCUT2D eigenvalue weighted by Gasteiger charge is -2.11. The molecule has 0 aliphatic heterocycles. The van der Waals surface area contributed by atoms with Crippen LogP contribution in [0.4, 0.5) is 5.69 Å². The third-order valence-corrected chi connectivity index (χ3v) is 4.36. The summed E-state index contributed by atoms with van der Waals surface area (Å²) >= 11 is 13.1. The van der Waals surface area contributed by atoms with Crippen LogP contribution in [0.3, 0.4) is 0 Å². The zero-order chi connectivity index (χ0) is 15.8. The first-order chi connectivity index (χ1) is 10.7. The summed E-state index contributed by atoms with van der Waals surface area (Å²) in [4.78, 5) is 1.25. The quantitative estimate of drug-likeness (QED) is 0.456. The zero-order valence-corrected chi connectivity index (χ0v) is 14.5. The number of hydrogen-bond acceptors (Lipinski definition) is 3. The Labute approximate surface area is 145 Å². The number of methoxy groups -OCH3 is 1. The summed E-state index contributed by atoms with van der Waals surface area (Å²) in [5, 5.41) is 7.41. The minimum Gasteiger partial charge on any atom is -0.495 e. The van der Waals surface area contributed by atoms with E-state index in [-0.39, 0.29) is 0 Å². The molecule has 2 aromatic rings. The normalized spacial score (nSPS) is 10.1. The fraction of sp³-hybridized carbons (Fsp3) is 0.188. The van der Waals surface area contributed by atoms with Crippen molar-refractivity contribution in [3.63, 3.8) is 0 Å². The van der Waals surface area contributed by atoms with Crippen molar-refractivity contribution in [1.82, 2.24) is 5.32 Å². The minimum atomic E-state index is 0.551. The number of ether oxygens (including phenoxy) is 1. The van der Waals surface area contributed by atoms with Gasteiger partial charge in [0, 0.05) is 22.9 Å². The summed E-state index contributed by atoms with van der Waals surface area (Å²) in [6.45, 7) is 0.787. The number of thioether (sulfide) groups is 1. The van der Waals surface area contributed by atoms with Crippen LogP contribution in [-0.2, 0) is 0 Å². The molecule has 0 amide bonds. The fourth-order valence-corrected chi connectivity index (χ4v) is 3.04. The van der Waals surface area contributed by atoms with Crippen molar-refractivity contribution in [3.8, 4) is 5.75 Å². The Balaban J connectivity index is 1.73. The van der Waals surface area contributed by atoms with Crippen LogP contribution in [0.25, 0.3) is 0 Å². The maximum absolute atomic E-state index is 6.08. The van der Waals surface area contributed by atoms with E-state index in [1.54, 1.807) is 31.0 Å². The minimum absolute atomic E-state index is 0.551. The van der Waals surface area contributed by atoms with Gasteiger partial charge in [0.25, 0.3) is 0 Å². The number of benzene rings is 2. The van der Waals surface area contributed by atoms with E-state index in [2.05, 4.69) is 22.8 Å². The number of nitrogens with one attached hydrogen (secondary N) is 2. The molecule has 0 aromatic heterocycles. The highest BCUT2D eigenvalue weighted by atomic mass is 35.5. The van der Waals surface area contributed by atoms with Crippen LogP contribution in [0.5, 0.6) is 5.75 Å². The van der Waals surface area contributed by atoms with Gasteiger partial charge < -0.3 is 15.4 Å². The van der Waals surface area contributed by atoms with E-state index in [1.807, 2.05) is 24.3 Å². The van der Waals surface area contributed by atoms with Gasteiger partial charge in [-0.15, -0.1) is 11.8 Å². The van der Waals surface area contributed by atoms with E-state index >= 15 is 0 Å². The summed E-state index contributed by atoms with van der Waals surface area (Å²) in [6, 6.07) is 15.7. The molecule has 0 bridgehead atoms. The highest BCUT2D eigenvalue weighted by Gasteiger charge is 2.03. The van der Waals surface area contributed by atoms with E-state index < -0.39 is 0 Å². The molecular formula is C16H17ClN2OS2. The van der Waals surface area contributed by atoms with E-state index in [4.69, 9.17) is 28.6 Å². The highest BCUT2D eigenvalue weighted by molar-refractivity contribution is 7.99. The average Bonchev–Trinajstić information content (AvgIpc) is 2.53. The number of anilines is 1. The Morgan fingerprint density at radius 1 is 1.23 bits per heavy atom. The molecule has 116 valence electrons. The van der Waals surface area contributed by atoms with Gasteiger partial charge >= 0.3 is 0 Å². The summed E-state index contributed by atoms with van der Waals surface area (Å²) in [7, 11) is 1.59. The Morgan fingerprint density at radius 2 is 2.00 bits per heavy atom. The van der Waals surface area contributed by atoms with Gasteiger partial charge in [-0.3, -0.25) is 0 Å². The third-order valence-electron chi connectivity index (χ3n) is 2.81. The maximum Gasteiger partial charge on any atom is 0.170 e. The fourth-order valence-electron chi connectivity index (χ4n) is 1.77. The number of halogens is 1. The smallest absolute Gasteiger partial charge is 0.170 e. The molecule has 0 fully saturated rings. The Hall–Kier alpha value is -1.43. The maximum atomic E-state index is 6.08. The first-order valence-corrected chi connectivity index (χ1v) is 8.52. The molecule has 0 aliphatic carbocycles. The van der Waals surface area contributed by atoms with Crippen molar-refractivity contribution >= 4 is 46.4 Å². The van der Waals surface area contributed by atoms with Gasteiger partial charge in [-0.2, -0.15) is 0 Å². The predicted octanol–water partition coefficient (Wildman–Crippen LogP) is 4.43. The van der Waals surface area contributed by atoms with E-state index in [0.29, 0.717) is 15.9 Å². The lowest BCUT2D eigenvalue weighted by Crippen LogP contribution is -2.30. The molecule has 0 heterocycles. The third kappa shape index (κ3) is 5.40. The Bertz CT molecular complexity index is 623. The lowest BCUT2D eigenvalue weighted by atomic mass is 10.3. The molecule has 2 rings (SSSR count). The second kappa shape index (κ2) is 8.88. The number of hydrogen-bond donors (Lipinski definition) is 2. The van der Waals surface area contributed by atoms with Crippen molar-refractivity contribution in [2.75, 3.05) is 24.7 Å². The van der Waals surface area contributed by atoms with Crippen molar-refractivity contribution in [3.05, 3.63) is 53.6 Å². The first-order valence-electron chi connectivity index (χ1n) is 6.75. The molecule has 2 N–H and O–H groups in total. The zero-order valence-electron chi connectivity index (χ0n) is 12.1. The van der Waals surface area contributed by atoms with Gasteiger partial charge in [0.05, 0.1) is 12.1 Å². The molecule has 3 nitrogen and oxygen atoms in total. The van der Waals surface area contributed by atoms with Crippen LogP contribution in [0, 0.1) is 0 Å². The van der Waals surface area contributed by atoms with E-state index in [9.17, 15) is 0 Å². The van der Waals surface area contributed by atoms with Gasteiger partial charge in [-0.25, -0.2) is 0 Å². The summed E-state index contributed by atoms with van der Waals surface area (Å²) < 4.78 is 5.12. The molecular weight excluding hydrogens is 336 g/mol. The lowest BCUT2D eigenvalue weighted by molar-refractivity contribution is 0.415. The van der Waals surface area contributed by atoms with Crippen molar-refractivity contribution in [2.45, 2.75) is 4.90 Å². The van der Waals surface area contributed by atoms with Gasteiger partial charge in [0.15, 0.2) is 5.11 Å². The largest absolute Gasteiger partial charge is 0.495 e. The second-order valence-corrected chi connectivity index (χ2v) is 6.38. The van der Waals surface area contributed by atoms with Crippen molar-refractivity contribution < 1.29 is 4.74 Å². The molecule has 0 radical (unpaired) electrons. The van der Waals surface area contributed by atoms with Crippen LogP contribution in [0.1, 0.15) is 0 Å². The molecule has 6 heteroatoms. The number of thiocarbonyl (C=S) groups is 1. The molecule has 0 saturated carbocycles. The predicted molar refractivity (Wildman–Crippen MR) is 99.4 cm³/mol. The second-order valence-electron chi connectivity index (χ2n) is 4.39. The van der Waals surface area contributed by atoms with Crippen molar-refractivity contribution in [1.29, 1.82) is 0 Å². The number of rotatable bonds is 6. The van der Waals surface area contributed by atoms with Crippen LogP contribution in [0.15, 0.2) is 53.4 Å². The molecule has 0 atom stereocenters. The topological polar surface area (TPSA) is 33.3 Å². The van der Waals surface area contributed by atoms with Crippen LogP contribution in [0.2, 0.25) is 5.02 Å². The van der Waals surface area contributed by atoms with Crippen LogP contribution < -0.4 is 15.4 Å². The summed E-state index contributed by atoms with van der Waals surface area (Å²) in [6.07, 6.45) is 0. The highest BCUT2D eigenvalue weighted by Crippen LogP contribution is 2.27. The molecule has 0 saturated heterocycles. The van der Waals surface area contributed by atoms with Gasteiger partial charge in [-0.05, 0) is 42.5 Å². The molecule has 22 heavy (non-hydrogen) atoms. The monoisotopic (exact) mass is 352 g/mol.